The molecule has 0 saturated heterocycles. The van der Waals surface area contributed by atoms with E-state index in [-0.39, 0.29) is 0 Å². The molecular formula is C14H11BrO3S. The Morgan fingerprint density at radius 1 is 1.21 bits per heavy atom. The second-order valence-electron chi connectivity index (χ2n) is 3.55. The van der Waals surface area contributed by atoms with Crippen LogP contribution in [0.4, 0.5) is 0 Å². The van der Waals surface area contributed by atoms with Crippen molar-refractivity contribution in [2.45, 2.75) is 0 Å². The van der Waals surface area contributed by atoms with E-state index in [1.54, 1.807) is 35.6 Å². The van der Waals surface area contributed by atoms with Crippen LogP contribution in [0.1, 0.15) is 4.88 Å². The van der Waals surface area contributed by atoms with E-state index in [1.165, 1.54) is 13.2 Å². The van der Waals surface area contributed by atoms with Gasteiger partial charge in [0.05, 0.1) is 10.9 Å². The van der Waals surface area contributed by atoms with Crippen molar-refractivity contribution in [2.24, 2.45) is 0 Å². The summed E-state index contributed by atoms with van der Waals surface area (Å²) in [4.78, 5) is 12.7. The predicted octanol–water partition coefficient (Wildman–Crippen LogP) is 4.14. The molecule has 0 aliphatic carbocycles. The van der Waals surface area contributed by atoms with Crippen LogP contribution in [0.3, 0.4) is 0 Å². The summed E-state index contributed by atoms with van der Waals surface area (Å²) in [5.74, 6) is 0.504. The zero-order valence-corrected chi connectivity index (χ0v) is 12.5. The summed E-state index contributed by atoms with van der Waals surface area (Å²) in [6.45, 7) is 0. The lowest BCUT2D eigenvalue weighted by atomic mass is 10.3. The number of thiophene rings is 1. The first-order valence-electron chi connectivity index (χ1n) is 5.47. The van der Waals surface area contributed by atoms with Crippen molar-refractivity contribution in [1.29, 1.82) is 0 Å². The van der Waals surface area contributed by atoms with Crippen LogP contribution < -0.4 is 9.47 Å². The number of benzene rings is 1. The van der Waals surface area contributed by atoms with Crippen molar-refractivity contribution >= 4 is 39.3 Å². The Kier molecular flexibility index (Phi) is 4.76. The molecule has 19 heavy (non-hydrogen) atoms. The van der Waals surface area contributed by atoms with Gasteiger partial charge in [-0.05, 0) is 46.3 Å². The van der Waals surface area contributed by atoms with Gasteiger partial charge in [0.2, 0.25) is 0 Å². The van der Waals surface area contributed by atoms with Gasteiger partial charge >= 0.3 is 5.97 Å². The molecule has 3 nitrogen and oxygen atoms in total. The molecule has 0 saturated carbocycles. The minimum atomic E-state index is -0.436. The van der Waals surface area contributed by atoms with Gasteiger partial charge in [-0.15, -0.1) is 11.3 Å². The van der Waals surface area contributed by atoms with Crippen molar-refractivity contribution in [3.63, 3.8) is 0 Å². The van der Waals surface area contributed by atoms with Gasteiger partial charge in [0.1, 0.15) is 0 Å². The van der Waals surface area contributed by atoms with Crippen molar-refractivity contribution in [3.05, 3.63) is 51.1 Å². The second-order valence-corrected chi connectivity index (χ2v) is 6.04. The number of carbonyl (C=O) groups is 1. The molecular weight excluding hydrogens is 328 g/mol. The molecule has 0 amide bonds. The third kappa shape index (κ3) is 3.94. The van der Waals surface area contributed by atoms with Crippen LogP contribution >= 0.6 is 27.3 Å². The first-order valence-corrected chi connectivity index (χ1v) is 7.08. The van der Waals surface area contributed by atoms with Crippen molar-refractivity contribution in [2.75, 3.05) is 7.11 Å². The number of halogens is 1. The van der Waals surface area contributed by atoms with E-state index in [1.807, 2.05) is 18.2 Å². The highest BCUT2D eigenvalue weighted by molar-refractivity contribution is 9.11. The lowest BCUT2D eigenvalue weighted by Crippen LogP contribution is -2.04. The number of rotatable bonds is 4. The molecule has 0 N–H and O–H groups in total. The number of methoxy groups -OCH3 is 1. The Hall–Kier alpha value is -1.59. The molecule has 0 radical (unpaired) electrons. The summed E-state index contributed by atoms with van der Waals surface area (Å²) in [6, 6.07) is 10.9. The van der Waals surface area contributed by atoms with E-state index in [0.717, 1.165) is 8.66 Å². The quantitative estimate of drug-likeness (QED) is 0.477. The molecule has 98 valence electrons. The maximum atomic E-state index is 11.7. The molecule has 1 aromatic heterocycles. The van der Waals surface area contributed by atoms with Crippen LogP contribution in [-0.4, -0.2) is 13.1 Å². The SMILES string of the molecule is COc1ccccc1OC(=O)/C=C/c1ccc(Br)s1. The summed E-state index contributed by atoms with van der Waals surface area (Å²) in [7, 11) is 1.53. The van der Waals surface area contributed by atoms with Crippen molar-refractivity contribution in [3.8, 4) is 11.5 Å². The van der Waals surface area contributed by atoms with Gasteiger partial charge in [-0.25, -0.2) is 4.79 Å². The highest BCUT2D eigenvalue weighted by Gasteiger charge is 2.06. The number of ether oxygens (including phenoxy) is 2. The minimum Gasteiger partial charge on any atom is -0.493 e. The van der Waals surface area contributed by atoms with Crippen LogP contribution in [0.2, 0.25) is 0 Å². The van der Waals surface area contributed by atoms with Crippen LogP contribution in [0.25, 0.3) is 6.08 Å². The largest absolute Gasteiger partial charge is 0.493 e. The first kappa shape index (κ1) is 13.8. The first-order chi connectivity index (χ1) is 9.19. The zero-order valence-electron chi connectivity index (χ0n) is 10.1. The lowest BCUT2D eigenvalue weighted by molar-refractivity contribution is -0.129. The molecule has 0 fully saturated rings. The topological polar surface area (TPSA) is 35.5 Å². The van der Waals surface area contributed by atoms with Crippen LogP contribution in [0.5, 0.6) is 11.5 Å². The van der Waals surface area contributed by atoms with Crippen LogP contribution in [0.15, 0.2) is 46.3 Å². The highest BCUT2D eigenvalue weighted by Crippen LogP contribution is 2.26. The Morgan fingerprint density at radius 2 is 1.95 bits per heavy atom. The molecule has 0 aliphatic rings. The number of para-hydroxylation sites is 2. The van der Waals surface area contributed by atoms with Crippen molar-refractivity contribution in [1.82, 2.24) is 0 Å². The van der Waals surface area contributed by atoms with E-state index < -0.39 is 5.97 Å². The average molecular weight is 339 g/mol. The van der Waals surface area contributed by atoms with Crippen LogP contribution in [-0.2, 0) is 4.79 Å². The molecule has 0 atom stereocenters. The summed E-state index contributed by atoms with van der Waals surface area (Å²) >= 11 is 4.90. The fourth-order valence-corrected chi connectivity index (χ4v) is 2.74. The fourth-order valence-electron chi connectivity index (χ4n) is 1.41. The minimum absolute atomic E-state index is 0.409. The van der Waals surface area contributed by atoms with Gasteiger partial charge in [-0.3, -0.25) is 0 Å². The molecule has 0 bridgehead atoms. The summed E-state index contributed by atoms with van der Waals surface area (Å²) in [6.07, 6.45) is 3.11. The fraction of sp³-hybridized carbons (Fsp3) is 0.0714. The average Bonchev–Trinajstić information content (AvgIpc) is 2.83. The highest BCUT2D eigenvalue weighted by atomic mass is 79.9. The summed E-state index contributed by atoms with van der Waals surface area (Å²) < 4.78 is 11.3. The normalized spacial score (nSPS) is 10.6. The van der Waals surface area contributed by atoms with Gasteiger partial charge in [-0.1, -0.05) is 12.1 Å². The van der Waals surface area contributed by atoms with Gasteiger partial charge in [-0.2, -0.15) is 0 Å². The molecule has 5 heteroatoms. The van der Waals surface area contributed by atoms with Gasteiger partial charge in [0.25, 0.3) is 0 Å². The van der Waals surface area contributed by atoms with Gasteiger partial charge < -0.3 is 9.47 Å². The van der Waals surface area contributed by atoms with E-state index in [4.69, 9.17) is 9.47 Å². The number of esters is 1. The molecule has 1 heterocycles. The smallest absolute Gasteiger partial charge is 0.336 e. The van der Waals surface area contributed by atoms with Crippen LogP contribution in [0, 0.1) is 0 Å². The number of carbonyl (C=O) groups excluding carboxylic acids is 1. The van der Waals surface area contributed by atoms with Gasteiger partial charge in [0, 0.05) is 11.0 Å². The Balaban J connectivity index is 2.03. The number of hydrogen-bond donors (Lipinski definition) is 0. The molecule has 0 spiro atoms. The standard InChI is InChI=1S/C14H11BrO3S/c1-17-11-4-2-3-5-12(11)18-14(16)9-7-10-6-8-13(15)19-10/h2-9H,1H3/b9-7+. The molecule has 2 aromatic rings. The number of hydrogen-bond acceptors (Lipinski definition) is 4. The Morgan fingerprint density at radius 3 is 2.58 bits per heavy atom. The zero-order chi connectivity index (χ0) is 13.7. The Labute approximate surface area is 123 Å². The molecule has 2 rings (SSSR count). The molecule has 0 aliphatic heterocycles. The molecule has 1 aromatic carbocycles. The third-order valence-corrected chi connectivity index (χ3v) is 3.85. The second kappa shape index (κ2) is 6.54. The summed E-state index contributed by atoms with van der Waals surface area (Å²) in [5, 5.41) is 0. The van der Waals surface area contributed by atoms with E-state index in [9.17, 15) is 4.79 Å². The Bertz CT molecular complexity index is 604. The predicted molar refractivity (Wildman–Crippen MR) is 79.7 cm³/mol. The molecule has 0 unspecified atom stereocenters. The summed E-state index contributed by atoms with van der Waals surface area (Å²) in [5.41, 5.74) is 0. The maximum Gasteiger partial charge on any atom is 0.336 e. The maximum absolute atomic E-state index is 11.7. The monoisotopic (exact) mass is 338 g/mol. The van der Waals surface area contributed by atoms with E-state index in [2.05, 4.69) is 15.9 Å². The van der Waals surface area contributed by atoms with Crippen molar-refractivity contribution < 1.29 is 14.3 Å². The third-order valence-electron chi connectivity index (χ3n) is 2.26. The van der Waals surface area contributed by atoms with Gasteiger partial charge in [0.15, 0.2) is 11.5 Å². The van der Waals surface area contributed by atoms with E-state index in [0.29, 0.717) is 11.5 Å². The van der Waals surface area contributed by atoms with E-state index >= 15 is 0 Å². The lowest BCUT2D eigenvalue weighted by Gasteiger charge is -2.06.